The Bertz CT molecular complexity index is 1220. The van der Waals surface area contributed by atoms with Crippen LogP contribution in [0.25, 0.3) is 0 Å². The predicted octanol–water partition coefficient (Wildman–Crippen LogP) is 6.65. The number of amides is 2. The molecule has 0 radical (unpaired) electrons. The van der Waals surface area contributed by atoms with E-state index in [-0.39, 0.29) is 5.15 Å². The number of nitrogens with zero attached hydrogens (tertiary/aromatic N) is 2. The molecule has 0 aliphatic heterocycles. The molecule has 1 aliphatic rings. The number of hydrogen-bond acceptors (Lipinski definition) is 5. The number of pyridine rings is 2. The molecule has 0 spiro atoms. The number of benzene rings is 1. The number of rotatable bonds is 3. The third-order valence-corrected chi connectivity index (χ3v) is 5.84. The molecule has 0 bridgehead atoms. The van der Waals surface area contributed by atoms with Gasteiger partial charge in [0.1, 0.15) is 17.1 Å². The maximum absolute atomic E-state index is 12.1. The van der Waals surface area contributed by atoms with Crippen molar-refractivity contribution in [3.63, 3.8) is 0 Å². The normalized spacial score (nSPS) is 15.3. The Labute approximate surface area is 224 Å². The zero-order chi connectivity index (χ0) is 27.2. The smallest absolute Gasteiger partial charge is 0.323 e. The van der Waals surface area contributed by atoms with Gasteiger partial charge in [-0.2, -0.15) is 0 Å². The van der Waals surface area contributed by atoms with Gasteiger partial charge in [-0.25, -0.2) is 14.8 Å². The first-order chi connectivity index (χ1) is 17.7. The molecule has 4 N–H and O–H groups in total. The van der Waals surface area contributed by atoms with Crippen LogP contribution in [0.2, 0.25) is 5.15 Å². The van der Waals surface area contributed by atoms with Gasteiger partial charge in [0.2, 0.25) is 0 Å². The molecular weight excluding hydrogens is 486 g/mol. The molecule has 8 heteroatoms. The third kappa shape index (κ3) is 10.7. The van der Waals surface area contributed by atoms with E-state index >= 15 is 0 Å². The molecule has 194 valence electrons. The summed E-state index contributed by atoms with van der Waals surface area (Å²) in [5.41, 5.74) is 8.42. The fourth-order valence-electron chi connectivity index (χ4n) is 3.58. The number of aldehydes is 1. The lowest BCUT2D eigenvalue weighted by Gasteiger charge is -2.35. The van der Waals surface area contributed by atoms with E-state index < -0.39 is 6.03 Å². The number of nitrogens with two attached hydrogens (primary N) is 1. The number of anilines is 3. The van der Waals surface area contributed by atoms with Crippen LogP contribution in [0.15, 0.2) is 60.9 Å². The van der Waals surface area contributed by atoms with Crippen LogP contribution in [0.4, 0.5) is 21.9 Å². The summed E-state index contributed by atoms with van der Waals surface area (Å²) in [7, 11) is 0. The molecule has 1 fully saturated rings. The average Bonchev–Trinajstić information content (AvgIpc) is 2.85. The van der Waals surface area contributed by atoms with Crippen molar-refractivity contribution in [2.45, 2.75) is 40.5 Å². The zero-order valence-corrected chi connectivity index (χ0v) is 22.4. The first-order valence-electron chi connectivity index (χ1n) is 12.1. The highest BCUT2D eigenvalue weighted by molar-refractivity contribution is 6.29. The Morgan fingerprint density at radius 3 is 2.38 bits per heavy atom. The van der Waals surface area contributed by atoms with Gasteiger partial charge in [-0.15, -0.1) is 0 Å². The number of aromatic nitrogens is 2. The van der Waals surface area contributed by atoms with E-state index in [1.54, 1.807) is 18.3 Å². The molecular formula is C29H34ClN5O2. The highest BCUT2D eigenvalue weighted by Crippen LogP contribution is 2.37. The van der Waals surface area contributed by atoms with Gasteiger partial charge in [0.05, 0.1) is 17.6 Å². The molecule has 2 amide bonds. The summed E-state index contributed by atoms with van der Waals surface area (Å²) in [6.45, 7) is 8.45. The fraction of sp³-hybridized carbons (Fsp3) is 0.310. The molecule has 0 atom stereocenters. The summed E-state index contributed by atoms with van der Waals surface area (Å²) in [6, 6.07) is 13.9. The number of urea groups is 1. The maximum atomic E-state index is 12.1. The Kier molecular flexibility index (Phi) is 12.1. The second-order valence-corrected chi connectivity index (χ2v) is 9.42. The van der Waals surface area contributed by atoms with Crippen LogP contribution in [0.1, 0.15) is 51.8 Å². The molecule has 7 nitrogen and oxygen atoms in total. The molecule has 3 aromatic rings. The van der Waals surface area contributed by atoms with E-state index in [4.69, 9.17) is 22.1 Å². The molecule has 0 unspecified atom stereocenters. The van der Waals surface area contributed by atoms with Gasteiger partial charge in [0, 0.05) is 23.5 Å². The molecule has 2 aromatic heterocycles. The molecule has 4 rings (SSSR count). The van der Waals surface area contributed by atoms with E-state index in [1.165, 1.54) is 32.0 Å². The van der Waals surface area contributed by atoms with Crippen molar-refractivity contribution in [3.05, 3.63) is 77.3 Å². The molecule has 1 aromatic carbocycles. The van der Waals surface area contributed by atoms with Gasteiger partial charge in [-0.1, -0.05) is 56.5 Å². The summed E-state index contributed by atoms with van der Waals surface area (Å²) in [4.78, 5) is 29.0. The van der Waals surface area contributed by atoms with Crippen molar-refractivity contribution in [2.24, 2.45) is 17.8 Å². The summed E-state index contributed by atoms with van der Waals surface area (Å²) in [5.74, 6) is 9.00. The van der Waals surface area contributed by atoms with Gasteiger partial charge in [-0.05, 0) is 67.7 Å². The molecule has 37 heavy (non-hydrogen) atoms. The lowest BCUT2D eigenvalue weighted by Crippen LogP contribution is -2.25. The van der Waals surface area contributed by atoms with Crippen molar-refractivity contribution in [2.75, 3.05) is 16.4 Å². The summed E-state index contributed by atoms with van der Waals surface area (Å²) < 4.78 is 0. The Hall–Kier alpha value is -3.89. The fourth-order valence-corrected chi connectivity index (χ4v) is 3.73. The second-order valence-electron chi connectivity index (χ2n) is 9.04. The molecule has 1 aliphatic carbocycles. The summed E-state index contributed by atoms with van der Waals surface area (Å²) in [6.07, 6.45) is 6.67. The van der Waals surface area contributed by atoms with Crippen LogP contribution in [-0.4, -0.2) is 22.3 Å². The second kappa shape index (κ2) is 15.3. The van der Waals surface area contributed by atoms with E-state index in [2.05, 4.69) is 53.2 Å². The van der Waals surface area contributed by atoms with E-state index in [0.717, 1.165) is 29.6 Å². The van der Waals surface area contributed by atoms with Gasteiger partial charge in [-0.3, -0.25) is 0 Å². The Morgan fingerprint density at radius 2 is 1.78 bits per heavy atom. The van der Waals surface area contributed by atoms with Crippen LogP contribution in [0, 0.1) is 29.6 Å². The van der Waals surface area contributed by atoms with E-state index in [1.807, 2.05) is 30.3 Å². The van der Waals surface area contributed by atoms with Crippen LogP contribution in [-0.2, 0) is 4.79 Å². The molecule has 2 heterocycles. The summed E-state index contributed by atoms with van der Waals surface area (Å²) in [5, 5.41) is 5.55. The minimum Gasteiger partial charge on any atom is -0.396 e. The van der Waals surface area contributed by atoms with Crippen LogP contribution < -0.4 is 16.4 Å². The highest BCUT2D eigenvalue weighted by Gasteiger charge is 2.27. The van der Waals surface area contributed by atoms with Crippen molar-refractivity contribution < 1.29 is 9.59 Å². The van der Waals surface area contributed by atoms with Gasteiger partial charge >= 0.3 is 6.03 Å². The van der Waals surface area contributed by atoms with E-state index in [9.17, 15) is 4.79 Å². The number of hydrogen-bond donors (Lipinski definition) is 3. The quantitative estimate of drug-likeness (QED) is 0.204. The lowest BCUT2D eigenvalue weighted by atomic mass is 9.71. The summed E-state index contributed by atoms with van der Waals surface area (Å²) >= 11 is 5.80. The maximum Gasteiger partial charge on any atom is 0.323 e. The van der Waals surface area contributed by atoms with Gasteiger partial charge in [0.25, 0.3) is 0 Å². The third-order valence-electron chi connectivity index (χ3n) is 5.63. The van der Waals surface area contributed by atoms with Gasteiger partial charge < -0.3 is 21.2 Å². The number of nitrogens with one attached hydrogen (secondary N) is 2. The monoisotopic (exact) mass is 519 g/mol. The SMILES string of the molecule is CC1CC(C(C)C)C1.CC=O.Nc1cnc(Cl)cc1NC(=O)Nc1ccnc(C#Cc2ccccc2)c1. The molecule has 1 saturated carbocycles. The highest BCUT2D eigenvalue weighted by atomic mass is 35.5. The number of carbonyl (C=O) groups excluding carboxylic acids is 2. The number of carbonyl (C=O) groups is 2. The topological polar surface area (TPSA) is 110 Å². The Morgan fingerprint density at radius 1 is 1.11 bits per heavy atom. The first kappa shape index (κ1) is 29.3. The first-order valence-corrected chi connectivity index (χ1v) is 12.5. The number of nitrogen functional groups attached to an aromatic ring is 1. The lowest BCUT2D eigenvalue weighted by molar-refractivity contribution is -0.106. The van der Waals surface area contributed by atoms with Crippen molar-refractivity contribution in [1.29, 1.82) is 0 Å². The minimum atomic E-state index is -0.466. The minimum absolute atomic E-state index is 0.233. The predicted molar refractivity (Wildman–Crippen MR) is 151 cm³/mol. The average molecular weight is 520 g/mol. The number of halogens is 1. The van der Waals surface area contributed by atoms with Crippen LogP contribution in [0.3, 0.4) is 0 Å². The Balaban J connectivity index is 0.000000365. The molecule has 0 saturated heterocycles. The zero-order valence-electron chi connectivity index (χ0n) is 21.7. The van der Waals surface area contributed by atoms with Crippen LogP contribution in [0.5, 0.6) is 0 Å². The van der Waals surface area contributed by atoms with Crippen molar-refractivity contribution >= 4 is 41.0 Å². The van der Waals surface area contributed by atoms with E-state index in [0.29, 0.717) is 22.8 Å². The van der Waals surface area contributed by atoms with Crippen molar-refractivity contribution in [3.8, 4) is 11.8 Å². The largest absolute Gasteiger partial charge is 0.396 e. The van der Waals surface area contributed by atoms with Crippen molar-refractivity contribution in [1.82, 2.24) is 9.97 Å². The van der Waals surface area contributed by atoms with Crippen LogP contribution >= 0.6 is 11.6 Å². The van der Waals surface area contributed by atoms with Gasteiger partial charge in [0.15, 0.2) is 0 Å². The standard InChI is InChI=1S/C19H14ClN5O.C8H16.C2H4O/c20-18-11-17(16(21)12-23-18)25-19(26)24-15-8-9-22-14(10-15)7-6-13-4-2-1-3-5-13;1-6(2)8-4-7(3)5-8;1-2-3/h1-5,8-12H,21H2,(H2,22,23,24,25,26);6-8H,4-5H2,1-3H3;2H,1H3.